The van der Waals surface area contributed by atoms with Crippen LogP contribution in [-0.4, -0.2) is 18.1 Å². The van der Waals surface area contributed by atoms with Gasteiger partial charge in [0.15, 0.2) is 0 Å². The maximum Gasteiger partial charge on any atom is 1.00 e. The summed E-state index contributed by atoms with van der Waals surface area (Å²) in [5.41, 5.74) is 0. The third-order valence-electron chi connectivity index (χ3n) is 2.14. The molecule has 0 radical (unpaired) electrons. The Balaban J connectivity index is 0.00000128. The molecule has 0 heterocycles. The van der Waals surface area contributed by atoms with E-state index >= 15 is 0 Å². The molecule has 4 nitrogen and oxygen atoms in total. The zero-order chi connectivity index (χ0) is 11.1. The summed E-state index contributed by atoms with van der Waals surface area (Å²) >= 11 is 0. The van der Waals surface area contributed by atoms with Gasteiger partial charge in [-0.1, -0.05) is 24.3 Å². The first-order valence-electron chi connectivity index (χ1n) is 4.18. The molecule has 2 aromatic rings. The van der Waals surface area contributed by atoms with Crippen molar-refractivity contribution in [3.05, 3.63) is 36.4 Å². The van der Waals surface area contributed by atoms with Crippen molar-refractivity contribution in [1.82, 2.24) is 0 Å². The van der Waals surface area contributed by atoms with E-state index in [1.165, 1.54) is 30.3 Å². The number of benzene rings is 2. The normalized spacial score (nSPS) is 11.1. The molecule has 0 aliphatic heterocycles. The number of fused-ring (bicyclic) bond motifs is 1. The summed E-state index contributed by atoms with van der Waals surface area (Å²) in [5, 5.41) is 10.2. The molecular weight excluding hydrogens is 239 g/mol. The largest absolute Gasteiger partial charge is 1.00 e. The smallest absolute Gasteiger partial charge is 1.00 e. The predicted molar refractivity (Wildman–Crippen MR) is 56.5 cm³/mol. The van der Waals surface area contributed by atoms with Gasteiger partial charge in [0.1, 0.15) is 10.6 Å². The van der Waals surface area contributed by atoms with Crippen LogP contribution >= 0.6 is 0 Å². The van der Waals surface area contributed by atoms with Gasteiger partial charge in [0.05, 0.1) is 0 Å². The monoisotopic (exact) mass is 248 g/mol. The molecule has 0 unspecified atom stereocenters. The summed E-state index contributed by atoms with van der Waals surface area (Å²) in [5.74, 6) is -0.0157. The van der Waals surface area contributed by atoms with Gasteiger partial charge >= 0.3 is 29.6 Å². The van der Waals surface area contributed by atoms with Gasteiger partial charge in [0.25, 0.3) is 10.1 Å². The first-order chi connectivity index (χ1) is 7.00. The molecule has 0 fully saturated rings. The zero-order valence-electron chi connectivity index (χ0n) is 9.58. The van der Waals surface area contributed by atoms with E-state index < -0.39 is 10.1 Å². The molecule has 0 atom stereocenters. The average Bonchev–Trinajstić information content (AvgIpc) is 2.16. The van der Waals surface area contributed by atoms with E-state index in [1.54, 1.807) is 6.07 Å². The molecule has 2 aromatic carbocycles. The quantitative estimate of drug-likeness (QED) is 0.496. The van der Waals surface area contributed by atoms with Gasteiger partial charge in [-0.25, -0.2) is 0 Å². The van der Waals surface area contributed by atoms with Gasteiger partial charge in [0.2, 0.25) is 0 Å². The molecule has 0 bridgehead atoms. The summed E-state index contributed by atoms with van der Waals surface area (Å²) in [6, 6.07) is 8.84. The molecule has 16 heavy (non-hydrogen) atoms. The van der Waals surface area contributed by atoms with Crippen molar-refractivity contribution in [2.75, 3.05) is 0 Å². The summed E-state index contributed by atoms with van der Waals surface area (Å²) in [4.78, 5) is -0.198. The Morgan fingerprint density at radius 2 is 1.56 bits per heavy atom. The van der Waals surface area contributed by atoms with Crippen molar-refractivity contribution in [3.8, 4) is 5.75 Å². The van der Waals surface area contributed by atoms with Crippen LogP contribution in [0, 0.1) is 0 Å². The first kappa shape index (κ1) is 13.5. The minimum Gasteiger partial charge on any atom is -1.00 e. The van der Waals surface area contributed by atoms with E-state index in [0.29, 0.717) is 10.8 Å². The van der Waals surface area contributed by atoms with Crippen LogP contribution in [0.5, 0.6) is 5.75 Å². The fraction of sp³-hybridized carbons (Fsp3) is 0. The van der Waals surface area contributed by atoms with Crippen LogP contribution in [0.3, 0.4) is 0 Å². The minimum absolute atomic E-state index is 0. The van der Waals surface area contributed by atoms with Gasteiger partial charge in [-0.05, 0) is 12.1 Å². The van der Waals surface area contributed by atoms with Crippen molar-refractivity contribution in [3.63, 3.8) is 0 Å². The molecule has 0 saturated carbocycles. The average molecular weight is 248 g/mol. The Morgan fingerprint density at radius 3 is 2.19 bits per heavy atom. The second kappa shape index (κ2) is 4.73. The SMILES string of the molecule is O=S(=O)(O)c1cccc2c(O)cccc12.[H-].[Na+]. The van der Waals surface area contributed by atoms with Crippen LogP contribution < -0.4 is 29.6 Å². The molecule has 0 aromatic heterocycles. The first-order valence-corrected chi connectivity index (χ1v) is 5.62. The van der Waals surface area contributed by atoms with E-state index in [2.05, 4.69) is 0 Å². The summed E-state index contributed by atoms with van der Waals surface area (Å²) in [6.07, 6.45) is 0. The topological polar surface area (TPSA) is 74.6 Å². The molecular formula is C10H9NaO4S. The van der Waals surface area contributed by atoms with Crippen molar-refractivity contribution >= 4 is 20.9 Å². The molecule has 0 saturated heterocycles. The van der Waals surface area contributed by atoms with Crippen LogP contribution in [0.15, 0.2) is 41.3 Å². The standard InChI is InChI=1S/C10H8O4S.Na.H/c11-9-5-1-4-8-7(9)3-2-6-10(8)15(12,13)14;;/h1-6,11H,(H,12,13,14);;/q;+1;-1. The van der Waals surface area contributed by atoms with Crippen molar-refractivity contribution in [1.29, 1.82) is 0 Å². The molecule has 2 N–H and O–H groups in total. The molecule has 2 rings (SSSR count). The predicted octanol–water partition coefficient (Wildman–Crippen LogP) is -1.09. The van der Waals surface area contributed by atoms with Crippen molar-refractivity contribution < 1.29 is 49.1 Å². The van der Waals surface area contributed by atoms with E-state index in [-0.39, 0.29) is 41.6 Å². The fourth-order valence-electron chi connectivity index (χ4n) is 1.49. The van der Waals surface area contributed by atoms with Crippen LogP contribution in [0.2, 0.25) is 0 Å². The maximum atomic E-state index is 11.0. The summed E-state index contributed by atoms with van der Waals surface area (Å²) in [6.45, 7) is 0. The Bertz CT molecular complexity index is 627. The Labute approximate surface area is 116 Å². The Kier molecular flexibility index (Phi) is 3.98. The number of phenolic OH excluding ortho intramolecular Hbond substituents is 1. The molecule has 0 aliphatic rings. The van der Waals surface area contributed by atoms with Gasteiger partial charge in [0, 0.05) is 10.8 Å². The Hall–Kier alpha value is -0.590. The van der Waals surface area contributed by atoms with Crippen LogP contribution in [0.4, 0.5) is 0 Å². The van der Waals surface area contributed by atoms with E-state index in [4.69, 9.17) is 4.55 Å². The third-order valence-corrected chi connectivity index (χ3v) is 3.05. The Morgan fingerprint density at radius 1 is 1.00 bits per heavy atom. The second-order valence-electron chi connectivity index (χ2n) is 3.10. The fourth-order valence-corrected chi connectivity index (χ4v) is 2.20. The molecule has 0 amide bonds. The molecule has 80 valence electrons. The van der Waals surface area contributed by atoms with Crippen molar-refractivity contribution in [2.45, 2.75) is 4.90 Å². The number of rotatable bonds is 1. The summed E-state index contributed by atoms with van der Waals surface area (Å²) in [7, 11) is -4.26. The third kappa shape index (κ3) is 2.39. The van der Waals surface area contributed by atoms with E-state index in [1.807, 2.05) is 0 Å². The molecule has 0 spiro atoms. The van der Waals surface area contributed by atoms with E-state index in [0.717, 1.165) is 0 Å². The van der Waals surface area contributed by atoms with Gasteiger partial charge in [-0.3, -0.25) is 4.55 Å². The van der Waals surface area contributed by atoms with Crippen LogP contribution in [-0.2, 0) is 10.1 Å². The number of hydrogen-bond donors (Lipinski definition) is 2. The maximum absolute atomic E-state index is 11.0. The van der Waals surface area contributed by atoms with Crippen LogP contribution in [0.25, 0.3) is 10.8 Å². The number of hydrogen-bond acceptors (Lipinski definition) is 3. The molecule has 6 heteroatoms. The second-order valence-corrected chi connectivity index (χ2v) is 4.49. The van der Waals surface area contributed by atoms with Crippen LogP contribution in [0.1, 0.15) is 1.43 Å². The van der Waals surface area contributed by atoms with Gasteiger partial charge in [-0.2, -0.15) is 8.42 Å². The number of aromatic hydroxyl groups is 1. The van der Waals surface area contributed by atoms with Gasteiger partial charge < -0.3 is 6.53 Å². The zero-order valence-corrected chi connectivity index (χ0v) is 11.4. The van der Waals surface area contributed by atoms with E-state index in [9.17, 15) is 13.5 Å². The minimum atomic E-state index is -4.26. The number of phenols is 1. The summed E-state index contributed by atoms with van der Waals surface area (Å²) < 4.78 is 31.0. The van der Waals surface area contributed by atoms with Crippen molar-refractivity contribution in [2.24, 2.45) is 0 Å². The van der Waals surface area contributed by atoms with Gasteiger partial charge in [-0.15, -0.1) is 0 Å². The molecule has 0 aliphatic carbocycles.